The van der Waals surface area contributed by atoms with Gasteiger partial charge in [-0.05, 0) is 25.5 Å². The fourth-order valence-corrected chi connectivity index (χ4v) is 1.75. The summed E-state index contributed by atoms with van der Waals surface area (Å²) in [6, 6.07) is 7.43. The summed E-state index contributed by atoms with van der Waals surface area (Å²) < 4.78 is 13.7. The highest BCUT2D eigenvalue weighted by atomic mass is 19.1. The third-order valence-corrected chi connectivity index (χ3v) is 2.72. The molecular formula is C14H14FN5. The van der Waals surface area contributed by atoms with Gasteiger partial charge in [0, 0.05) is 6.54 Å². The van der Waals surface area contributed by atoms with Crippen molar-refractivity contribution in [3.05, 3.63) is 41.3 Å². The lowest BCUT2D eigenvalue weighted by Crippen LogP contribution is -2.06. The van der Waals surface area contributed by atoms with E-state index in [-0.39, 0.29) is 5.82 Å². The maximum atomic E-state index is 13.7. The third kappa shape index (κ3) is 2.83. The molecule has 0 bridgehead atoms. The van der Waals surface area contributed by atoms with Crippen molar-refractivity contribution in [2.45, 2.75) is 13.8 Å². The molecule has 5 nitrogen and oxygen atoms in total. The van der Waals surface area contributed by atoms with E-state index in [0.29, 0.717) is 23.7 Å². The molecule has 0 amide bonds. The number of nitrogens with zero attached hydrogens (tertiary/aromatic N) is 3. The Hall–Kier alpha value is -2.68. The van der Waals surface area contributed by atoms with Crippen molar-refractivity contribution in [3.8, 4) is 6.07 Å². The van der Waals surface area contributed by atoms with E-state index < -0.39 is 5.82 Å². The first-order chi connectivity index (χ1) is 9.65. The van der Waals surface area contributed by atoms with Crippen molar-refractivity contribution >= 4 is 17.5 Å². The molecule has 0 aliphatic carbocycles. The molecule has 102 valence electrons. The maximum Gasteiger partial charge on any atom is 0.224 e. The van der Waals surface area contributed by atoms with E-state index in [9.17, 15) is 4.39 Å². The zero-order valence-corrected chi connectivity index (χ0v) is 11.2. The normalized spacial score (nSPS) is 9.90. The van der Waals surface area contributed by atoms with Crippen LogP contribution < -0.4 is 10.6 Å². The van der Waals surface area contributed by atoms with E-state index in [2.05, 4.69) is 26.7 Å². The fraction of sp³-hybridized carbons (Fsp3) is 0.214. The number of hydrogen-bond acceptors (Lipinski definition) is 5. The van der Waals surface area contributed by atoms with Crippen molar-refractivity contribution in [3.63, 3.8) is 0 Å². The average Bonchev–Trinajstić information content (AvgIpc) is 2.43. The SMILES string of the molecule is CCNc1ncc(F)c(Nc2cccc(C)c2C#N)n1. The van der Waals surface area contributed by atoms with E-state index in [4.69, 9.17) is 5.26 Å². The van der Waals surface area contributed by atoms with E-state index in [1.807, 2.05) is 19.9 Å². The molecule has 0 fully saturated rings. The molecule has 0 spiro atoms. The standard InChI is InChI=1S/C14H14FN5/c1-3-17-14-18-8-11(15)13(20-14)19-12-6-4-5-9(2)10(12)7-16/h4-6,8H,3H2,1-2H3,(H2,17,18,19,20). The van der Waals surface area contributed by atoms with E-state index in [1.165, 1.54) is 0 Å². The highest BCUT2D eigenvalue weighted by Gasteiger charge is 2.10. The number of hydrogen-bond donors (Lipinski definition) is 2. The zero-order chi connectivity index (χ0) is 14.5. The number of aryl methyl sites for hydroxylation is 1. The van der Waals surface area contributed by atoms with Crippen LogP contribution in [0.4, 0.5) is 21.8 Å². The molecule has 2 rings (SSSR count). The summed E-state index contributed by atoms with van der Waals surface area (Å²) in [5, 5.41) is 14.9. The second kappa shape index (κ2) is 5.97. The summed E-state index contributed by atoms with van der Waals surface area (Å²) in [6.45, 7) is 4.36. The Kier molecular flexibility index (Phi) is 4.11. The predicted molar refractivity (Wildman–Crippen MR) is 75.3 cm³/mol. The Bertz CT molecular complexity index is 663. The number of halogens is 1. The summed E-state index contributed by atoms with van der Waals surface area (Å²) in [4.78, 5) is 7.87. The Labute approximate surface area is 116 Å². The lowest BCUT2D eigenvalue weighted by molar-refractivity contribution is 0.619. The predicted octanol–water partition coefficient (Wildman–Crippen LogP) is 2.97. The van der Waals surface area contributed by atoms with Crippen LogP contribution in [0, 0.1) is 24.1 Å². The molecule has 0 unspecified atom stereocenters. The second-order valence-corrected chi connectivity index (χ2v) is 4.15. The Morgan fingerprint density at radius 2 is 2.20 bits per heavy atom. The second-order valence-electron chi connectivity index (χ2n) is 4.15. The number of aromatic nitrogens is 2. The van der Waals surface area contributed by atoms with Gasteiger partial charge in [-0.15, -0.1) is 0 Å². The molecule has 0 aliphatic heterocycles. The van der Waals surface area contributed by atoms with Crippen molar-refractivity contribution < 1.29 is 4.39 Å². The van der Waals surface area contributed by atoms with Gasteiger partial charge in [0.15, 0.2) is 11.6 Å². The van der Waals surface area contributed by atoms with Gasteiger partial charge in [-0.2, -0.15) is 10.2 Å². The Balaban J connectivity index is 2.37. The lowest BCUT2D eigenvalue weighted by atomic mass is 10.1. The van der Waals surface area contributed by atoms with Crippen LogP contribution in [0.25, 0.3) is 0 Å². The molecule has 0 saturated carbocycles. The van der Waals surface area contributed by atoms with E-state index in [1.54, 1.807) is 12.1 Å². The van der Waals surface area contributed by atoms with Crippen molar-refractivity contribution in [1.82, 2.24) is 9.97 Å². The number of rotatable bonds is 4. The van der Waals surface area contributed by atoms with Crippen LogP contribution in [0.1, 0.15) is 18.1 Å². The number of benzene rings is 1. The van der Waals surface area contributed by atoms with Gasteiger partial charge < -0.3 is 10.6 Å². The number of nitrogens with one attached hydrogen (secondary N) is 2. The maximum absolute atomic E-state index is 13.7. The van der Waals surface area contributed by atoms with Gasteiger partial charge in [0.2, 0.25) is 5.95 Å². The van der Waals surface area contributed by atoms with Crippen LogP contribution >= 0.6 is 0 Å². The van der Waals surface area contributed by atoms with Crippen molar-refractivity contribution in [2.75, 3.05) is 17.2 Å². The van der Waals surface area contributed by atoms with Gasteiger partial charge in [-0.3, -0.25) is 0 Å². The highest BCUT2D eigenvalue weighted by molar-refractivity contribution is 5.67. The van der Waals surface area contributed by atoms with Gasteiger partial charge in [0.05, 0.1) is 17.4 Å². The minimum Gasteiger partial charge on any atom is -0.354 e. The third-order valence-electron chi connectivity index (χ3n) is 2.72. The van der Waals surface area contributed by atoms with Crippen LogP contribution in [0.2, 0.25) is 0 Å². The van der Waals surface area contributed by atoms with Crippen LogP contribution in [0.15, 0.2) is 24.4 Å². The average molecular weight is 271 g/mol. The summed E-state index contributed by atoms with van der Waals surface area (Å²) >= 11 is 0. The van der Waals surface area contributed by atoms with Crippen LogP contribution in [-0.2, 0) is 0 Å². The zero-order valence-electron chi connectivity index (χ0n) is 11.2. The van der Waals surface area contributed by atoms with Crippen LogP contribution in [-0.4, -0.2) is 16.5 Å². The molecule has 6 heteroatoms. The molecular weight excluding hydrogens is 257 g/mol. The molecule has 0 radical (unpaired) electrons. The molecule has 2 aromatic rings. The van der Waals surface area contributed by atoms with Crippen molar-refractivity contribution in [2.24, 2.45) is 0 Å². The number of nitriles is 1. The molecule has 2 N–H and O–H groups in total. The minimum absolute atomic E-state index is 0.0399. The molecule has 1 aromatic heterocycles. The fourth-order valence-electron chi connectivity index (χ4n) is 1.75. The van der Waals surface area contributed by atoms with Crippen LogP contribution in [0.3, 0.4) is 0 Å². The first kappa shape index (κ1) is 13.7. The summed E-state index contributed by atoms with van der Waals surface area (Å²) in [6.07, 6.45) is 1.09. The van der Waals surface area contributed by atoms with Gasteiger partial charge >= 0.3 is 0 Å². The lowest BCUT2D eigenvalue weighted by Gasteiger charge is -2.11. The van der Waals surface area contributed by atoms with Gasteiger partial charge in [-0.1, -0.05) is 12.1 Å². The van der Waals surface area contributed by atoms with E-state index in [0.717, 1.165) is 11.8 Å². The van der Waals surface area contributed by atoms with Gasteiger partial charge in [-0.25, -0.2) is 9.37 Å². The largest absolute Gasteiger partial charge is 0.354 e. The monoisotopic (exact) mass is 271 g/mol. The topological polar surface area (TPSA) is 73.6 Å². The summed E-state index contributed by atoms with van der Waals surface area (Å²) in [5.74, 6) is -0.197. The van der Waals surface area contributed by atoms with Gasteiger partial charge in [0.25, 0.3) is 0 Å². The summed E-state index contributed by atoms with van der Waals surface area (Å²) in [7, 11) is 0. The quantitative estimate of drug-likeness (QED) is 0.894. The molecule has 0 aliphatic rings. The first-order valence-electron chi connectivity index (χ1n) is 6.18. The summed E-state index contributed by atoms with van der Waals surface area (Å²) in [5.41, 5.74) is 1.81. The molecule has 1 heterocycles. The van der Waals surface area contributed by atoms with E-state index >= 15 is 0 Å². The Morgan fingerprint density at radius 3 is 2.90 bits per heavy atom. The molecule has 1 aromatic carbocycles. The van der Waals surface area contributed by atoms with Crippen LogP contribution in [0.5, 0.6) is 0 Å². The van der Waals surface area contributed by atoms with Crippen molar-refractivity contribution in [1.29, 1.82) is 5.26 Å². The van der Waals surface area contributed by atoms with Gasteiger partial charge in [0.1, 0.15) is 6.07 Å². The smallest absolute Gasteiger partial charge is 0.224 e. The first-order valence-corrected chi connectivity index (χ1v) is 6.18. The minimum atomic E-state index is -0.572. The number of anilines is 3. The Morgan fingerprint density at radius 1 is 1.40 bits per heavy atom. The molecule has 20 heavy (non-hydrogen) atoms. The molecule has 0 saturated heterocycles. The molecule has 0 atom stereocenters. The highest BCUT2D eigenvalue weighted by Crippen LogP contribution is 2.23.